The number of carbonyl (C=O) groups excluding carboxylic acids is 2. The molecule has 13 heteroatoms. The second-order valence-electron chi connectivity index (χ2n) is 8.51. The fourth-order valence-corrected chi connectivity index (χ4v) is 4.69. The lowest BCUT2D eigenvalue weighted by molar-refractivity contribution is -0.114. The maximum atomic E-state index is 15.3. The number of likely N-dealkylation sites (N-methyl/N-ethyl adjacent to an activating group) is 1. The molecule has 1 N–H and O–H groups in total. The molecule has 4 rings (SSSR count). The molecule has 1 fully saturated rings. The summed E-state index contributed by atoms with van der Waals surface area (Å²) in [6.07, 6.45) is 1.75. The van der Waals surface area contributed by atoms with Gasteiger partial charge in [0.1, 0.15) is 30.6 Å². The van der Waals surface area contributed by atoms with Crippen molar-refractivity contribution in [2.24, 2.45) is 5.10 Å². The van der Waals surface area contributed by atoms with Gasteiger partial charge < -0.3 is 14.7 Å². The molecule has 37 heavy (non-hydrogen) atoms. The number of para-hydroxylation sites is 1. The van der Waals surface area contributed by atoms with Crippen LogP contribution in [-0.4, -0.2) is 79.3 Å². The van der Waals surface area contributed by atoms with E-state index in [1.54, 1.807) is 6.92 Å². The SMILES string of the molecule is CCN(C=O)/C(CO)=N\N(C)c1nc2c(cc1F)C(=O)N(c1c(F)cccc1Cl)CN2C1CCOCC1. The van der Waals surface area contributed by atoms with Crippen molar-refractivity contribution in [1.82, 2.24) is 9.88 Å². The van der Waals surface area contributed by atoms with Gasteiger partial charge in [-0.25, -0.2) is 18.8 Å². The van der Waals surface area contributed by atoms with Crippen LogP contribution in [0.1, 0.15) is 30.1 Å². The third kappa shape index (κ3) is 5.22. The highest BCUT2D eigenvalue weighted by atomic mass is 35.5. The van der Waals surface area contributed by atoms with Crippen molar-refractivity contribution in [2.75, 3.05) is 54.9 Å². The van der Waals surface area contributed by atoms with Gasteiger partial charge in [-0.3, -0.25) is 19.4 Å². The summed E-state index contributed by atoms with van der Waals surface area (Å²) in [5.74, 6) is -2.19. The molecule has 1 aromatic heterocycles. The van der Waals surface area contributed by atoms with E-state index >= 15 is 4.39 Å². The molecule has 2 aliphatic rings. The van der Waals surface area contributed by atoms with E-state index in [4.69, 9.17) is 16.3 Å². The Bertz CT molecular complexity index is 1190. The third-order valence-corrected chi connectivity index (χ3v) is 6.64. The number of rotatable bonds is 7. The lowest BCUT2D eigenvalue weighted by Gasteiger charge is -2.43. The molecule has 2 amide bonds. The number of halogens is 3. The zero-order valence-corrected chi connectivity index (χ0v) is 21.2. The van der Waals surface area contributed by atoms with Gasteiger partial charge in [-0.1, -0.05) is 17.7 Å². The molecule has 2 aromatic rings. The Morgan fingerprint density at radius 1 is 1.32 bits per heavy atom. The molecule has 0 bridgehead atoms. The monoisotopic (exact) mass is 536 g/mol. The lowest BCUT2D eigenvalue weighted by Crippen LogP contribution is -2.53. The van der Waals surface area contributed by atoms with E-state index in [2.05, 4.69) is 10.1 Å². The molecule has 3 heterocycles. The van der Waals surface area contributed by atoms with E-state index in [-0.39, 0.29) is 53.0 Å². The van der Waals surface area contributed by atoms with Crippen LogP contribution in [0.3, 0.4) is 0 Å². The second-order valence-corrected chi connectivity index (χ2v) is 8.92. The van der Waals surface area contributed by atoms with E-state index in [0.717, 1.165) is 11.1 Å². The Kier molecular flexibility index (Phi) is 8.20. The van der Waals surface area contributed by atoms with Crippen LogP contribution >= 0.6 is 11.6 Å². The highest BCUT2D eigenvalue weighted by Crippen LogP contribution is 2.38. The van der Waals surface area contributed by atoms with Gasteiger partial charge in [-0.15, -0.1) is 0 Å². The van der Waals surface area contributed by atoms with Crippen LogP contribution in [-0.2, 0) is 9.53 Å². The number of amides is 2. The van der Waals surface area contributed by atoms with Crippen LogP contribution in [0.2, 0.25) is 5.02 Å². The molecule has 2 aliphatic heterocycles. The Labute approximate surface area is 217 Å². The standard InChI is InChI=1S/C24H27ClF2N6O4/c1-3-31(14-35)20(12-34)29-30(2)23-19(27)11-16-22(28-23)32(15-7-9-37-10-8-15)13-33(24(16)36)21-17(25)5-4-6-18(21)26/h4-6,11,14-15,34H,3,7-10,12-13H2,1-2H3/b29-20-. The predicted octanol–water partition coefficient (Wildman–Crippen LogP) is 2.84. The molecular weight excluding hydrogens is 510 g/mol. The van der Waals surface area contributed by atoms with Gasteiger partial charge in [-0.05, 0) is 38.0 Å². The minimum atomic E-state index is -0.863. The van der Waals surface area contributed by atoms with Gasteiger partial charge in [0, 0.05) is 32.8 Å². The van der Waals surface area contributed by atoms with Crippen LogP contribution < -0.4 is 14.8 Å². The largest absolute Gasteiger partial charge is 0.388 e. The first-order valence-electron chi connectivity index (χ1n) is 11.8. The first-order valence-corrected chi connectivity index (χ1v) is 12.1. The number of aliphatic hydroxyl groups is 1. The third-order valence-electron chi connectivity index (χ3n) is 6.33. The van der Waals surface area contributed by atoms with Crippen molar-refractivity contribution < 1.29 is 28.2 Å². The van der Waals surface area contributed by atoms with Crippen LogP contribution in [0.5, 0.6) is 0 Å². The first-order chi connectivity index (χ1) is 17.8. The topological polar surface area (TPSA) is 102 Å². The molecule has 198 valence electrons. The first kappa shape index (κ1) is 26.7. The van der Waals surface area contributed by atoms with Crippen molar-refractivity contribution in [3.8, 4) is 0 Å². The molecule has 0 aliphatic carbocycles. The van der Waals surface area contributed by atoms with E-state index in [0.29, 0.717) is 32.5 Å². The highest BCUT2D eigenvalue weighted by molar-refractivity contribution is 6.34. The van der Waals surface area contributed by atoms with Crippen molar-refractivity contribution >= 4 is 47.1 Å². The molecule has 1 aromatic carbocycles. The van der Waals surface area contributed by atoms with Crippen molar-refractivity contribution in [3.63, 3.8) is 0 Å². The average Bonchev–Trinajstić information content (AvgIpc) is 2.90. The Hall–Kier alpha value is -3.35. The number of ether oxygens (including phenoxy) is 1. The average molecular weight is 537 g/mol. The summed E-state index contributed by atoms with van der Waals surface area (Å²) in [5, 5.41) is 15.0. The number of fused-ring (bicyclic) bond motifs is 1. The molecule has 0 spiro atoms. The normalized spacial score (nSPS) is 16.6. The second kappa shape index (κ2) is 11.4. The quantitative estimate of drug-likeness (QED) is 0.251. The number of amidine groups is 1. The number of benzene rings is 1. The van der Waals surface area contributed by atoms with Crippen molar-refractivity contribution in [2.45, 2.75) is 25.8 Å². The predicted molar refractivity (Wildman–Crippen MR) is 135 cm³/mol. The summed E-state index contributed by atoms with van der Waals surface area (Å²) >= 11 is 6.27. The maximum Gasteiger partial charge on any atom is 0.263 e. The molecule has 0 radical (unpaired) electrons. The summed E-state index contributed by atoms with van der Waals surface area (Å²) in [4.78, 5) is 33.4. The number of aliphatic hydroxyl groups excluding tert-OH is 1. The van der Waals surface area contributed by atoms with Gasteiger partial charge in [0.05, 0.1) is 10.6 Å². The van der Waals surface area contributed by atoms with Gasteiger partial charge in [0.25, 0.3) is 5.91 Å². The lowest BCUT2D eigenvalue weighted by atomic mass is 10.0. The fraction of sp³-hybridized carbons (Fsp3) is 0.417. The summed E-state index contributed by atoms with van der Waals surface area (Å²) in [6, 6.07) is 5.04. The van der Waals surface area contributed by atoms with Gasteiger partial charge in [0.15, 0.2) is 17.5 Å². The smallest absolute Gasteiger partial charge is 0.263 e. The molecule has 0 unspecified atom stereocenters. The summed E-state index contributed by atoms with van der Waals surface area (Å²) in [7, 11) is 1.42. The number of hydrogen-bond acceptors (Lipinski definition) is 8. The van der Waals surface area contributed by atoms with Crippen molar-refractivity contribution in [3.05, 3.63) is 46.5 Å². The zero-order valence-electron chi connectivity index (χ0n) is 20.4. The van der Waals surface area contributed by atoms with Gasteiger partial charge >= 0.3 is 0 Å². The van der Waals surface area contributed by atoms with Gasteiger partial charge in [0.2, 0.25) is 6.41 Å². The summed E-state index contributed by atoms with van der Waals surface area (Å²) in [6.45, 7) is 2.30. The minimum absolute atomic E-state index is 0.00310. The number of aromatic nitrogens is 1. The highest BCUT2D eigenvalue weighted by Gasteiger charge is 2.38. The van der Waals surface area contributed by atoms with E-state index < -0.39 is 24.1 Å². The van der Waals surface area contributed by atoms with E-state index in [1.807, 2.05) is 4.90 Å². The Morgan fingerprint density at radius 2 is 2.05 bits per heavy atom. The fourth-order valence-electron chi connectivity index (χ4n) is 4.42. The molecule has 1 saturated heterocycles. The van der Waals surface area contributed by atoms with Crippen LogP contribution in [0.15, 0.2) is 29.4 Å². The number of nitrogens with zero attached hydrogens (tertiary/aromatic N) is 6. The number of anilines is 3. The Balaban J connectivity index is 1.81. The van der Waals surface area contributed by atoms with Crippen LogP contribution in [0, 0.1) is 11.6 Å². The van der Waals surface area contributed by atoms with Gasteiger partial charge in [-0.2, -0.15) is 5.10 Å². The molecule has 0 saturated carbocycles. The number of hydrogen-bond donors (Lipinski definition) is 1. The van der Waals surface area contributed by atoms with Crippen LogP contribution in [0.4, 0.5) is 26.1 Å². The summed E-state index contributed by atoms with van der Waals surface area (Å²) in [5.41, 5.74) is -0.148. The van der Waals surface area contributed by atoms with E-state index in [1.165, 1.54) is 35.0 Å². The van der Waals surface area contributed by atoms with Crippen LogP contribution in [0.25, 0.3) is 0 Å². The number of carbonyl (C=O) groups is 2. The Morgan fingerprint density at radius 3 is 2.68 bits per heavy atom. The minimum Gasteiger partial charge on any atom is -0.388 e. The van der Waals surface area contributed by atoms with E-state index in [9.17, 15) is 19.1 Å². The maximum absolute atomic E-state index is 15.3. The zero-order chi connectivity index (χ0) is 26.7. The summed E-state index contributed by atoms with van der Waals surface area (Å²) < 4.78 is 35.6. The van der Waals surface area contributed by atoms with Crippen molar-refractivity contribution in [1.29, 1.82) is 0 Å². The molecular formula is C24H27ClF2N6O4. The number of pyridine rings is 1. The number of hydrazone groups is 1. The molecule has 10 nitrogen and oxygen atoms in total. The molecule has 0 atom stereocenters.